The first-order valence-corrected chi connectivity index (χ1v) is 2.65. The molecule has 0 aliphatic heterocycles. The maximum absolute atomic E-state index is 4.82. The summed E-state index contributed by atoms with van der Waals surface area (Å²) in [6.07, 6.45) is 1.70. The molecule has 1 aromatic heterocycles. The summed E-state index contributed by atoms with van der Waals surface area (Å²) in [7, 11) is 4.82. The van der Waals surface area contributed by atoms with E-state index in [-0.39, 0.29) is 0 Å². The van der Waals surface area contributed by atoms with Gasteiger partial charge in [0.15, 0.2) is 0 Å². The number of aromatic nitrogens is 1. The Morgan fingerprint density at radius 2 is 2.44 bits per heavy atom. The van der Waals surface area contributed by atoms with Crippen molar-refractivity contribution in [1.29, 1.82) is 0 Å². The molecular formula is C7H7NO. The number of hydrogen-bond donors (Lipinski definition) is 0. The molecule has 0 N–H and O–H groups in total. The Hall–Kier alpha value is -0.890. The molecule has 0 saturated carbocycles. The molecule has 2 heteroatoms. The van der Waals surface area contributed by atoms with Crippen LogP contribution < -0.4 is 0 Å². The number of rotatable bonds is 2. The van der Waals surface area contributed by atoms with Gasteiger partial charge in [-0.25, -0.2) is 0 Å². The van der Waals surface area contributed by atoms with E-state index in [0.29, 0.717) is 6.61 Å². The van der Waals surface area contributed by atoms with Gasteiger partial charge in [-0.05, 0) is 12.1 Å². The Balaban J connectivity index is 2.61. The van der Waals surface area contributed by atoms with Gasteiger partial charge in [0.2, 0.25) is 0 Å². The molecule has 0 aliphatic carbocycles. The van der Waals surface area contributed by atoms with Crippen LogP contribution in [0, 0.1) is 7.11 Å². The lowest BCUT2D eigenvalue weighted by Gasteiger charge is -1.93. The van der Waals surface area contributed by atoms with Gasteiger partial charge >= 0.3 is 0 Å². The van der Waals surface area contributed by atoms with Crippen LogP contribution in [-0.2, 0) is 11.3 Å². The van der Waals surface area contributed by atoms with Gasteiger partial charge in [-0.15, -0.1) is 0 Å². The van der Waals surface area contributed by atoms with E-state index in [4.69, 9.17) is 7.11 Å². The first-order chi connectivity index (χ1) is 4.43. The molecule has 0 fully saturated rings. The second kappa shape index (κ2) is 3.20. The third kappa shape index (κ3) is 1.82. The standard InChI is InChI=1S/C7H7NO/c1-9-6-7-4-2-3-5-8-7/h1-5H,6H2. The molecule has 0 aromatic carbocycles. The monoisotopic (exact) mass is 121 g/mol. The van der Waals surface area contributed by atoms with Gasteiger partial charge in [0.25, 0.3) is 0 Å². The molecule has 0 aliphatic rings. The highest BCUT2D eigenvalue weighted by molar-refractivity contribution is 5.01. The van der Waals surface area contributed by atoms with E-state index in [9.17, 15) is 0 Å². The van der Waals surface area contributed by atoms with Crippen molar-refractivity contribution in [2.24, 2.45) is 0 Å². The minimum Gasteiger partial charge on any atom is -0.366 e. The minimum absolute atomic E-state index is 0.376. The molecule has 0 saturated heterocycles. The highest BCUT2D eigenvalue weighted by Crippen LogP contribution is 1.93. The first-order valence-electron chi connectivity index (χ1n) is 2.65. The van der Waals surface area contributed by atoms with Crippen LogP contribution in [0.2, 0.25) is 0 Å². The van der Waals surface area contributed by atoms with Crippen molar-refractivity contribution < 1.29 is 4.74 Å². The van der Waals surface area contributed by atoms with E-state index in [0.717, 1.165) is 5.69 Å². The smallest absolute Gasteiger partial charge is 0.116 e. The molecule has 1 heterocycles. The van der Waals surface area contributed by atoms with Crippen molar-refractivity contribution in [3.8, 4) is 0 Å². The lowest BCUT2D eigenvalue weighted by molar-refractivity contribution is 0.225. The van der Waals surface area contributed by atoms with Crippen LogP contribution in [0.25, 0.3) is 0 Å². The van der Waals surface area contributed by atoms with Gasteiger partial charge in [0, 0.05) is 6.20 Å². The third-order valence-corrected chi connectivity index (χ3v) is 0.957. The van der Waals surface area contributed by atoms with E-state index >= 15 is 0 Å². The zero-order valence-electron chi connectivity index (χ0n) is 4.95. The Morgan fingerprint density at radius 3 is 3.00 bits per heavy atom. The molecule has 46 valence electrons. The number of ether oxygens (including phenoxy) is 1. The molecule has 1 rings (SSSR count). The van der Waals surface area contributed by atoms with Crippen molar-refractivity contribution in [2.75, 3.05) is 0 Å². The zero-order chi connectivity index (χ0) is 6.53. The van der Waals surface area contributed by atoms with Gasteiger partial charge in [0.05, 0.1) is 12.3 Å². The number of hydrogen-bond acceptors (Lipinski definition) is 2. The van der Waals surface area contributed by atoms with Crippen molar-refractivity contribution in [3.05, 3.63) is 37.2 Å². The summed E-state index contributed by atoms with van der Waals surface area (Å²) < 4.78 is 4.37. The van der Waals surface area contributed by atoms with Crippen LogP contribution in [-0.4, -0.2) is 4.98 Å². The minimum atomic E-state index is 0.376. The summed E-state index contributed by atoms with van der Waals surface area (Å²) in [5, 5.41) is 0. The molecule has 0 atom stereocenters. The number of nitrogens with zero attached hydrogens (tertiary/aromatic N) is 1. The largest absolute Gasteiger partial charge is 0.366 e. The fourth-order valence-corrected chi connectivity index (χ4v) is 0.569. The Morgan fingerprint density at radius 1 is 1.56 bits per heavy atom. The van der Waals surface area contributed by atoms with Crippen LogP contribution in [0.1, 0.15) is 5.69 Å². The molecule has 0 unspecified atom stereocenters. The highest BCUT2D eigenvalue weighted by atomic mass is 16.5. The van der Waals surface area contributed by atoms with Crippen molar-refractivity contribution in [2.45, 2.75) is 6.61 Å². The van der Waals surface area contributed by atoms with E-state index in [1.807, 2.05) is 18.2 Å². The quantitative estimate of drug-likeness (QED) is 0.587. The van der Waals surface area contributed by atoms with Crippen molar-refractivity contribution >= 4 is 0 Å². The van der Waals surface area contributed by atoms with E-state index in [2.05, 4.69) is 9.72 Å². The fraction of sp³-hybridized carbons (Fsp3) is 0.143. The predicted octanol–water partition coefficient (Wildman–Crippen LogP) is 1.27. The van der Waals surface area contributed by atoms with Crippen LogP contribution in [0.4, 0.5) is 0 Å². The maximum atomic E-state index is 4.82. The van der Waals surface area contributed by atoms with Gasteiger partial charge in [-0.2, -0.15) is 0 Å². The average Bonchev–Trinajstić information content (AvgIpc) is 1.91. The molecule has 2 nitrogen and oxygen atoms in total. The molecule has 0 amide bonds. The van der Waals surface area contributed by atoms with Crippen LogP contribution in [0.5, 0.6) is 0 Å². The summed E-state index contributed by atoms with van der Waals surface area (Å²) in [5.41, 5.74) is 0.847. The van der Waals surface area contributed by atoms with Crippen LogP contribution in [0.15, 0.2) is 24.4 Å². The predicted molar refractivity (Wildman–Crippen MR) is 33.3 cm³/mol. The van der Waals surface area contributed by atoms with Gasteiger partial charge in [-0.3, -0.25) is 4.98 Å². The maximum Gasteiger partial charge on any atom is 0.116 e. The van der Waals surface area contributed by atoms with Gasteiger partial charge in [0.1, 0.15) is 7.11 Å². The molecule has 0 bridgehead atoms. The summed E-state index contributed by atoms with van der Waals surface area (Å²) in [5.74, 6) is 0. The highest BCUT2D eigenvalue weighted by Gasteiger charge is 1.86. The molecule has 0 spiro atoms. The van der Waals surface area contributed by atoms with Crippen LogP contribution in [0.3, 0.4) is 0 Å². The summed E-state index contributed by atoms with van der Waals surface area (Å²) >= 11 is 0. The molecular weight excluding hydrogens is 114 g/mol. The Bertz CT molecular complexity index is 162. The average molecular weight is 121 g/mol. The fourth-order valence-electron chi connectivity index (χ4n) is 0.569. The SMILES string of the molecule is [CH]OCc1ccccn1. The van der Waals surface area contributed by atoms with Crippen molar-refractivity contribution in [3.63, 3.8) is 0 Å². The Kier molecular flexibility index (Phi) is 2.22. The van der Waals surface area contributed by atoms with E-state index in [1.165, 1.54) is 0 Å². The van der Waals surface area contributed by atoms with Gasteiger partial charge < -0.3 is 4.74 Å². The van der Waals surface area contributed by atoms with E-state index < -0.39 is 0 Å². The first kappa shape index (κ1) is 6.23. The summed E-state index contributed by atoms with van der Waals surface area (Å²) in [6, 6.07) is 5.59. The number of pyridine rings is 1. The lowest BCUT2D eigenvalue weighted by Crippen LogP contribution is -1.87. The molecule has 9 heavy (non-hydrogen) atoms. The molecule has 1 aromatic rings. The third-order valence-electron chi connectivity index (χ3n) is 0.957. The Labute approximate surface area is 54.5 Å². The second-order valence-electron chi connectivity index (χ2n) is 1.63. The summed E-state index contributed by atoms with van der Waals surface area (Å²) in [6.45, 7) is 0.376. The molecule has 2 radical (unpaired) electrons. The lowest BCUT2D eigenvalue weighted by atomic mass is 10.4. The van der Waals surface area contributed by atoms with Crippen LogP contribution >= 0.6 is 0 Å². The van der Waals surface area contributed by atoms with E-state index in [1.54, 1.807) is 6.20 Å². The topological polar surface area (TPSA) is 22.1 Å². The van der Waals surface area contributed by atoms with Crippen molar-refractivity contribution in [1.82, 2.24) is 4.98 Å². The van der Waals surface area contributed by atoms with Gasteiger partial charge in [-0.1, -0.05) is 6.07 Å². The summed E-state index contributed by atoms with van der Waals surface area (Å²) in [4.78, 5) is 3.96. The zero-order valence-corrected chi connectivity index (χ0v) is 4.95. The normalized spacial score (nSPS) is 9.44. The second-order valence-corrected chi connectivity index (χ2v) is 1.63.